The van der Waals surface area contributed by atoms with Gasteiger partial charge in [-0.3, -0.25) is 19.1 Å². The van der Waals surface area contributed by atoms with Crippen molar-refractivity contribution in [3.8, 4) is 0 Å². The number of benzene rings is 2. The van der Waals surface area contributed by atoms with Gasteiger partial charge in [0.25, 0.3) is 15.9 Å². The van der Waals surface area contributed by atoms with Crippen molar-refractivity contribution in [2.45, 2.75) is 32.1 Å². The molecule has 0 saturated carbocycles. The largest absolute Gasteiger partial charge is 0.345 e. The second-order valence-corrected chi connectivity index (χ2v) is 9.73. The zero-order valence-electron chi connectivity index (χ0n) is 16.9. The van der Waals surface area contributed by atoms with Gasteiger partial charge in [-0.05, 0) is 35.9 Å². The lowest BCUT2D eigenvalue weighted by Gasteiger charge is -2.17. The molecule has 2 aromatic carbocycles. The van der Waals surface area contributed by atoms with Gasteiger partial charge in [-0.2, -0.15) is 0 Å². The lowest BCUT2D eigenvalue weighted by atomic mass is 9.91. The number of carbonyl (C=O) groups excluding carboxylic acids is 3. The highest BCUT2D eigenvalue weighted by Crippen LogP contribution is 2.27. The molecule has 0 radical (unpaired) electrons. The van der Waals surface area contributed by atoms with Gasteiger partial charge in [0.2, 0.25) is 5.91 Å². The van der Waals surface area contributed by atoms with Crippen molar-refractivity contribution in [2.75, 3.05) is 16.6 Å². The molecule has 158 valence electrons. The van der Waals surface area contributed by atoms with Gasteiger partial charge < -0.3 is 10.6 Å². The molecule has 0 bridgehead atoms. The molecule has 9 heteroatoms. The SMILES string of the molecule is CC(C)(C)C(=O)CNC(=O)c1ccccc1NS(=O)(=O)c1ccc2c(c1)CC(=O)N2. The van der Waals surface area contributed by atoms with Gasteiger partial charge in [0.15, 0.2) is 5.78 Å². The van der Waals surface area contributed by atoms with Gasteiger partial charge >= 0.3 is 0 Å². The fourth-order valence-corrected chi connectivity index (χ4v) is 4.00. The van der Waals surface area contributed by atoms with E-state index in [1.165, 1.54) is 30.3 Å². The number of rotatable bonds is 6. The molecule has 1 heterocycles. The minimum Gasteiger partial charge on any atom is -0.345 e. The Balaban J connectivity index is 1.81. The summed E-state index contributed by atoms with van der Waals surface area (Å²) in [7, 11) is -4.00. The quantitative estimate of drug-likeness (QED) is 0.651. The van der Waals surface area contributed by atoms with E-state index in [0.29, 0.717) is 11.3 Å². The lowest BCUT2D eigenvalue weighted by molar-refractivity contribution is -0.125. The van der Waals surface area contributed by atoms with Crippen LogP contribution in [0.3, 0.4) is 0 Å². The van der Waals surface area contributed by atoms with Crippen LogP contribution in [0.4, 0.5) is 11.4 Å². The van der Waals surface area contributed by atoms with Crippen LogP contribution in [0.15, 0.2) is 47.4 Å². The molecule has 8 nitrogen and oxygen atoms in total. The first-order chi connectivity index (χ1) is 14.0. The van der Waals surface area contributed by atoms with Crippen molar-refractivity contribution in [3.05, 3.63) is 53.6 Å². The second kappa shape index (κ2) is 7.91. The Morgan fingerprint density at radius 3 is 2.50 bits per heavy atom. The first kappa shape index (κ1) is 21.5. The Hall–Kier alpha value is -3.20. The standard InChI is InChI=1S/C21H23N3O5S/c1-21(2,3)18(25)12-22-20(27)15-6-4-5-7-17(15)24-30(28,29)14-8-9-16-13(10-14)11-19(26)23-16/h4-10,24H,11-12H2,1-3H3,(H,22,27)(H,23,26). The molecule has 1 aliphatic rings. The van der Waals surface area contributed by atoms with Crippen LogP contribution in [0.25, 0.3) is 0 Å². The molecule has 0 aromatic heterocycles. The van der Waals surface area contributed by atoms with Crippen LogP contribution < -0.4 is 15.4 Å². The zero-order chi connectivity index (χ0) is 22.1. The molecule has 0 fully saturated rings. The Labute approximate surface area is 175 Å². The normalized spacial score (nSPS) is 13.4. The number of anilines is 2. The van der Waals surface area contributed by atoms with Gasteiger partial charge in [-0.15, -0.1) is 0 Å². The first-order valence-corrected chi connectivity index (χ1v) is 10.8. The van der Waals surface area contributed by atoms with Crippen LogP contribution in [-0.2, 0) is 26.0 Å². The minimum absolute atomic E-state index is 0.0177. The third-order valence-electron chi connectivity index (χ3n) is 4.67. The summed E-state index contributed by atoms with van der Waals surface area (Å²) in [5, 5.41) is 5.19. The number of sulfonamides is 1. The van der Waals surface area contributed by atoms with Gasteiger partial charge in [0, 0.05) is 11.1 Å². The molecule has 1 aliphatic heterocycles. The van der Waals surface area contributed by atoms with E-state index in [2.05, 4.69) is 15.4 Å². The summed E-state index contributed by atoms with van der Waals surface area (Å²) in [4.78, 5) is 36.1. The topological polar surface area (TPSA) is 121 Å². The molecule has 0 aliphatic carbocycles. The highest BCUT2D eigenvalue weighted by molar-refractivity contribution is 7.92. The molecule has 2 amide bonds. The van der Waals surface area contributed by atoms with Gasteiger partial charge in [0.05, 0.1) is 29.1 Å². The van der Waals surface area contributed by atoms with E-state index in [0.717, 1.165) is 0 Å². The Morgan fingerprint density at radius 2 is 1.80 bits per heavy atom. The Morgan fingerprint density at radius 1 is 1.10 bits per heavy atom. The molecular weight excluding hydrogens is 406 g/mol. The summed E-state index contributed by atoms with van der Waals surface area (Å²) < 4.78 is 28.1. The average molecular weight is 429 g/mol. The zero-order valence-corrected chi connectivity index (χ0v) is 17.7. The van der Waals surface area contributed by atoms with E-state index in [9.17, 15) is 22.8 Å². The minimum atomic E-state index is -4.00. The van der Waals surface area contributed by atoms with E-state index in [4.69, 9.17) is 0 Å². The molecule has 3 rings (SSSR count). The fourth-order valence-electron chi connectivity index (χ4n) is 2.87. The van der Waals surface area contributed by atoms with Crippen molar-refractivity contribution in [1.29, 1.82) is 0 Å². The predicted molar refractivity (Wildman–Crippen MR) is 113 cm³/mol. The van der Waals surface area contributed by atoms with Crippen LogP contribution >= 0.6 is 0 Å². The van der Waals surface area contributed by atoms with Crippen LogP contribution in [0, 0.1) is 5.41 Å². The Kier molecular flexibility index (Phi) is 5.67. The third kappa shape index (κ3) is 4.68. The number of para-hydroxylation sites is 1. The van der Waals surface area contributed by atoms with Crippen LogP contribution in [0.2, 0.25) is 0 Å². The summed E-state index contributed by atoms with van der Waals surface area (Å²) in [6, 6.07) is 10.5. The number of hydrogen-bond donors (Lipinski definition) is 3. The predicted octanol–water partition coefficient (Wildman–Crippen LogP) is 2.33. The molecule has 30 heavy (non-hydrogen) atoms. The van der Waals surface area contributed by atoms with Crippen molar-refractivity contribution in [3.63, 3.8) is 0 Å². The van der Waals surface area contributed by atoms with Crippen molar-refractivity contribution in [1.82, 2.24) is 5.32 Å². The maximum Gasteiger partial charge on any atom is 0.261 e. The molecule has 2 aromatic rings. The van der Waals surface area contributed by atoms with Gasteiger partial charge in [-0.25, -0.2) is 8.42 Å². The average Bonchev–Trinajstić information content (AvgIpc) is 3.04. The summed E-state index contributed by atoms with van der Waals surface area (Å²) in [6.45, 7) is 5.10. The summed E-state index contributed by atoms with van der Waals surface area (Å²) in [6.07, 6.45) is 0.111. The van der Waals surface area contributed by atoms with Crippen LogP contribution in [0.1, 0.15) is 36.7 Å². The summed E-state index contributed by atoms with van der Waals surface area (Å²) >= 11 is 0. The number of hydrogen-bond acceptors (Lipinski definition) is 5. The molecular formula is C21H23N3O5S. The van der Waals surface area contributed by atoms with Crippen molar-refractivity contribution < 1.29 is 22.8 Å². The maximum absolute atomic E-state index is 12.9. The number of Topliss-reactive ketones (excluding diaryl/α,β-unsaturated/α-hetero) is 1. The van der Waals surface area contributed by atoms with Gasteiger partial charge in [-0.1, -0.05) is 32.9 Å². The first-order valence-electron chi connectivity index (χ1n) is 9.33. The van der Waals surface area contributed by atoms with E-state index in [1.54, 1.807) is 32.9 Å². The number of ketones is 1. The second-order valence-electron chi connectivity index (χ2n) is 8.05. The molecule has 3 N–H and O–H groups in total. The highest BCUT2D eigenvalue weighted by atomic mass is 32.2. The summed E-state index contributed by atoms with van der Waals surface area (Å²) in [5.41, 5.74) is 0.767. The number of amides is 2. The smallest absolute Gasteiger partial charge is 0.261 e. The molecule has 0 saturated heterocycles. The number of fused-ring (bicyclic) bond motifs is 1. The highest BCUT2D eigenvalue weighted by Gasteiger charge is 2.25. The monoisotopic (exact) mass is 429 g/mol. The van der Waals surface area contributed by atoms with E-state index in [1.807, 2.05) is 0 Å². The maximum atomic E-state index is 12.9. The van der Waals surface area contributed by atoms with E-state index in [-0.39, 0.29) is 40.8 Å². The molecule has 0 atom stereocenters. The number of carbonyl (C=O) groups is 3. The van der Waals surface area contributed by atoms with Crippen LogP contribution in [0.5, 0.6) is 0 Å². The fraction of sp³-hybridized carbons (Fsp3) is 0.286. The third-order valence-corrected chi connectivity index (χ3v) is 6.04. The van der Waals surface area contributed by atoms with Gasteiger partial charge in [0.1, 0.15) is 0 Å². The van der Waals surface area contributed by atoms with Crippen LogP contribution in [-0.4, -0.2) is 32.6 Å². The van der Waals surface area contributed by atoms with Crippen molar-refractivity contribution in [2.24, 2.45) is 5.41 Å². The number of nitrogens with one attached hydrogen (secondary N) is 3. The van der Waals surface area contributed by atoms with Crippen molar-refractivity contribution >= 4 is 39.0 Å². The van der Waals surface area contributed by atoms with E-state index < -0.39 is 21.3 Å². The van der Waals surface area contributed by atoms with E-state index >= 15 is 0 Å². The summed E-state index contributed by atoms with van der Waals surface area (Å²) in [5.74, 6) is -0.899. The Bertz CT molecular complexity index is 1130. The molecule has 0 spiro atoms. The molecule has 0 unspecified atom stereocenters. The lowest BCUT2D eigenvalue weighted by Crippen LogP contribution is -2.35.